The van der Waals surface area contributed by atoms with E-state index < -0.39 is 26.0 Å². The van der Waals surface area contributed by atoms with Gasteiger partial charge in [-0.2, -0.15) is 13.2 Å². The Morgan fingerprint density at radius 2 is 1.95 bits per heavy atom. The van der Waals surface area contributed by atoms with E-state index in [2.05, 4.69) is 29.6 Å². The van der Waals surface area contributed by atoms with Crippen molar-refractivity contribution in [2.24, 2.45) is 0 Å². The number of aromatic nitrogens is 2. The molecule has 0 radical (unpaired) electrons. The molecule has 0 aliphatic carbocycles. The number of aromatic amines is 1. The van der Waals surface area contributed by atoms with Crippen LogP contribution in [0.5, 0.6) is 0 Å². The normalized spacial score (nSPS) is 12.5. The molecule has 0 amide bonds. The highest BCUT2D eigenvalue weighted by atomic mass is 28.3. The van der Waals surface area contributed by atoms with Gasteiger partial charge in [0.25, 0.3) is 0 Å². The zero-order valence-electron chi connectivity index (χ0n) is 13.1. The van der Waals surface area contributed by atoms with E-state index in [0.29, 0.717) is 6.61 Å². The first-order valence-corrected chi connectivity index (χ1v) is 10.7. The molecule has 1 rings (SSSR count). The molecule has 1 heterocycles. The van der Waals surface area contributed by atoms with Crippen LogP contribution in [0.1, 0.15) is 28.9 Å². The summed E-state index contributed by atoms with van der Waals surface area (Å²) in [6.45, 7) is 8.41. The summed E-state index contributed by atoms with van der Waals surface area (Å²) in [5, 5.41) is 0. The van der Waals surface area contributed by atoms with Crippen molar-refractivity contribution in [2.75, 3.05) is 13.2 Å². The number of imidazole rings is 1. The number of carbonyl (C=O) groups excluding carboxylic acids is 1. The molecule has 0 aliphatic rings. The van der Waals surface area contributed by atoms with Gasteiger partial charge in [-0.05, 0) is 13.0 Å². The van der Waals surface area contributed by atoms with Gasteiger partial charge in [0.2, 0.25) is 5.82 Å². The first-order valence-electron chi connectivity index (χ1n) is 6.95. The van der Waals surface area contributed by atoms with Gasteiger partial charge in [-0.1, -0.05) is 19.6 Å². The number of alkyl halides is 3. The molecule has 22 heavy (non-hydrogen) atoms. The molecule has 5 nitrogen and oxygen atoms in total. The minimum atomic E-state index is -4.65. The van der Waals surface area contributed by atoms with E-state index in [9.17, 15) is 18.0 Å². The molecule has 1 aromatic heterocycles. The van der Waals surface area contributed by atoms with Gasteiger partial charge in [-0.3, -0.25) is 0 Å². The maximum Gasteiger partial charge on any atom is 0.449 e. The molecule has 0 unspecified atom stereocenters. The molecule has 1 N–H and O–H groups in total. The molecule has 0 atom stereocenters. The Labute approximate surface area is 128 Å². The minimum Gasteiger partial charge on any atom is -0.461 e. The van der Waals surface area contributed by atoms with Crippen LogP contribution in [0.25, 0.3) is 0 Å². The summed E-state index contributed by atoms with van der Waals surface area (Å²) < 4.78 is 48.2. The minimum absolute atomic E-state index is 0.0126. The summed E-state index contributed by atoms with van der Waals surface area (Å²) in [5.41, 5.74) is -0.386. The van der Waals surface area contributed by atoms with E-state index in [1.165, 1.54) is 0 Å². The highest BCUT2D eigenvalue weighted by molar-refractivity contribution is 6.76. The molecule has 0 saturated carbocycles. The molecule has 9 heteroatoms. The fraction of sp³-hybridized carbons (Fsp3) is 0.692. The second-order valence-electron chi connectivity index (χ2n) is 5.99. The average Bonchev–Trinajstić information content (AvgIpc) is 2.78. The number of hydrogen-bond acceptors (Lipinski definition) is 4. The summed E-state index contributed by atoms with van der Waals surface area (Å²) in [6, 6.07) is 0.877. The number of nitrogens with one attached hydrogen (secondary N) is 1. The van der Waals surface area contributed by atoms with Gasteiger partial charge < -0.3 is 14.5 Å². The number of rotatable bonds is 7. The van der Waals surface area contributed by atoms with Crippen LogP contribution in [0.15, 0.2) is 0 Å². The number of H-pyrrole nitrogens is 1. The lowest BCUT2D eigenvalue weighted by atomic mass is 10.3. The molecule has 0 saturated heterocycles. The predicted molar refractivity (Wildman–Crippen MR) is 77.4 cm³/mol. The smallest absolute Gasteiger partial charge is 0.449 e. The molecule has 0 aromatic carbocycles. The third kappa shape index (κ3) is 5.80. The number of hydrogen-bond donors (Lipinski definition) is 1. The lowest BCUT2D eigenvalue weighted by Gasteiger charge is -2.15. The van der Waals surface area contributed by atoms with Crippen molar-refractivity contribution in [3.63, 3.8) is 0 Å². The van der Waals surface area contributed by atoms with Crippen molar-refractivity contribution in [2.45, 2.75) is 45.4 Å². The Morgan fingerprint density at radius 3 is 2.45 bits per heavy atom. The van der Waals surface area contributed by atoms with Gasteiger partial charge in [0.05, 0.1) is 18.9 Å². The zero-order valence-corrected chi connectivity index (χ0v) is 14.1. The molecule has 0 fully saturated rings. The summed E-state index contributed by atoms with van der Waals surface area (Å²) in [7, 11) is -1.29. The number of ether oxygens (including phenoxy) is 2. The van der Waals surface area contributed by atoms with Gasteiger partial charge in [0.1, 0.15) is 0 Å². The number of esters is 1. The quantitative estimate of drug-likeness (QED) is 0.470. The van der Waals surface area contributed by atoms with E-state index in [4.69, 9.17) is 9.47 Å². The summed E-state index contributed by atoms with van der Waals surface area (Å²) in [5.74, 6) is -2.11. The second kappa shape index (κ2) is 7.27. The third-order valence-corrected chi connectivity index (χ3v) is 4.46. The van der Waals surface area contributed by atoms with Crippen LogP contribution in [0.3, 0.4) is 0 Å². The monoisotopic (exact) mass is 338 g/mol. The molecule has 0 aliphatic heterocycles. The van der Waals surface area contributed by atoms with Crippen molar-refractivity contribution < 1.29 is 27.4 Å². The standard InChI is InChI=1S/C13H21F3N2O3Si/c1-5-21-11(19)10-9(8-20-6-7-22(2,3)4)17-12(18-10)13(14,15)16/h5-8H2,1-4H3,(H,17,18). The predicted octanol–water partition coefficient (Wildman–Crippen LogP) is 3.46. The average molecular weight is 338 g/mol. The van der Waals surface area contributed by atoms with Crippen molar-refractivity contribution >= 4 is 14.0 Å². The number of halogens is 3. The summed E-state index contributed by atoms with van der Waals surface area (Å²) in [4.78, 5) is 17.1. The summed E-state index contributed by atoms with van der Waals surface area (Å²) in [6.07, 6.45) is -4.65. The highest BCUT2D eigenvalue weighted by Gasteiger charge is 2.37. The molecule has 126 valence electrons. The van der Waals surface area contributed by atoms with Crippen molar-refractivity contribution in [1.82, 2.24) is 9.97 Å². The lowest BCUT2D eigenvalue weighted by Crippen LogP contribution is -2.21. The van der Waals surface area contributed by atoms with Crippen LogP contribution in [-0.4, -0.2) is 37.2 Å². The lowest BCUT2D eigenvalue weighted by molar-refractivity contribution is -0.144. The maximum absolute atomic E-state index is 12.7. The molecule has 1 aromatic rings. The van der Waals surface area contributed by atoms with Gasteiger partial charge in [-0.25, -0.2) is 9.78 Å². The van der Waals surface area contributed by atoms with Crippen LogP contribution in [0, 0.1) is 0 Å². The molecular formula is C13H21F3N2O3Si. The number of carbonyl (C=O) groups is 1. The van der Waals surface area contributed by atoms with Crippen molar-refractivity contribution in [3.8, 4) is 0 Å². The zero-order chi connectivity index (χ0) is 17.0. The fourth-order valence-electron chi connectivity index (χ4n) is 1.57. The molecular weight excluding hydrogens is 317 g/mol. The fourth-order valence-corrected chi connectivity index (χ4v) is 2.33. The second-order valence-corrected chi connectivity index (χ2v) is 11.6. The van der Waals surface area contributed by atoms with Gasteiger partial charge in [-0.15, -0.1) is 0 Å². The van der Waals surface area contributed by atoms with E-state index in [0.717, 1.165) is 6.04 Å². The van der Waals surface area contributed by atoms with Crippen molar-refractivity contribution in [3.05, 3.63) is 17.2 Å². The number of nitrogens with zero attached hydrogens (tertiary/aromatic N) is 1. The molecule has 0 bridgehead atoms. The van der Waals surface area contributed by atoms with Crippen molar-refractivity contribution in [1.29, 1.82) is 0 Å². The Hall–Kier alpha value is -1.35. The van der Waals surface area contributed by atoms with Gasteiger partial charge in [0, 0.05) is 14.7 Å². The topological polar surface area (TPSA) is 64.2 Å². The van der Waals surface area contributed by atoms with Crippen LogP contribution in [0.2, 0.25) is 25.7 Å². The van der Waals surface area contributed by atoms with E-state index in [1.807, 2.05) is 0 Å². The van der Waals surface area contributed by atoms with Gasteiger partial charge in [0.15, 0.2) is 5.69 Å². The summed E-state index contributed by atoms with van der Waals surface area (Å²) >= 11 is 0. The first-order chi connectivity index (χ1) is 10.0. The van der Waals surface area contributed by atoms with Crippen LogP contribution in [-0.2, 0) is 22.3 Å². The third-order valence-electron chi connectivity index (χ3n) is 2.76. The van der Waals surface area contributed by atoms with Crippen LogP contribution < -0.4 is 0 Å². The van der Waals surface area contributed by atoms with E-state index in [-0.39, 0.29) is 24.6 Å². The van der Waals surface area contributed by atoms with Gasteiger partial charge >= 0.3 is 12.1 Å². The van der Waals surface area contributed by atoms with Crippen LogP contribution >= 0.6 is 0 Å². The SMILES string of the molecule is CCOC(=O)c1nc(C(F)(F)F)[nH]c1COCC[Si](C)(C)C. The maximum atomic E-state index is 12.7. The Bertz CT molecular complexity index is 510. The largest absolute Gasteiger partial charge is 0.461 e. The Morgan fingerprint density at radius 1 is 1.32 bits per heavy atom. The molecule has 0 spiro atoms. The van der Waals surface area contributed by atoms with E-state index in [1.54, 1.807) is 6.92 Å². The Kier molecular flexibility index (Phi) is 6.18. The Balaban J connectivity index is 2.82. The van der Waals surface area contributed by atoms with Crippen LogP contribution in [0.4, 0.5) is 13.2 Å². The first kappa shape index (κ1) is 18.7. The highest BCUT2D eigenvalue weighted by Crippen LogP contribution is 2.28. The van der Waals surface area contributed by atoms with E-state index >= 15 is 0 Å².